The van der Waals surface area contributed by atoms with Gasteiger partial charge in [-0.3, -0.25) is 14.5 Å². The first-order valence-corrected chi connectivity index (χ1v) is 12.4. The zero-order chi connectivity index (χ0) is 25.8. The quantitative estimate of drug-likeness (QED) is 0.479. The van der Waals surface area contributed by atoms with Gasteiger partial charge in [-0.15, -0.1) is 24.8 Å². The van der Waals surface area contributed by atoms with E-state index in [2.05, 4.69) is 17.1 Å². The van der Waals surface area contributed by atoms with E-state index in [0.29, 0.717) is 49.1 Å². The minimum atomic E-state index is -0.921. The van der Waals surface area contributed by atoms with Crippen molar-refractivity contribution in [2.75, 3.05) is 26.2 Å². The molecule has 0 radical (unpaired) electrons. The van der Waals surface area contributed by atoms with Crippen LogP contribution in [0, 0.1) is 5.82 Å². The Labute approximate surface area is 239 Å². The summed E-state index contributed by atoms with van der Waals surface area (Å²) in [7, 11) is 0. The Bertz CT molecular complexity index is 1090. The average Bonchev–Trinajstić information content (AvgIpc) is 3.31. The monoisotopic (exact) mass is 591 g/mol. The largest absolute Gasteiger partial charge is 0.485 e. The van der Waals surface area contributed by atoms with Gasteiger partial charge >= 0.3 is 5.97 Å². The molecule has 210 valence electrons. The van der Waals surface area contributed by atoms with Crippen LogP contribution >= 0.6 is 36.4 Å². The minimum Gasteiger partial charge on any atom is -0.485 e. The van der Waals surface area contributed by atoms with Crippen LogP contribution in [0.1, 0.15) is 25.8 Å². The summed E-state index contributed by atoms with van der Waals surface area (Å²) >= 11 is 6.14. The van der Waals surface area contributed by atoms with E-state index in [-0.39, 0.29) is 61.3 Å². The number of ether oxygens (including phenoxy) is 2. The highest BCUT2D eigenvalue weighted by Gasteiger charge is 2.33. The number of hydrogen-bond donors (Lipinski definition) is 2. The summed E-state index contributed by atoms with van der Waals surface area (Å²) in [5, 5.41) is 12.5. The maximum absolute atomic E-state index is 13.2. The van der Waals surface area contributed by atoms with Crippen molar-refractivity contribution >= 4 is 48.3 Å². The van der Waals surface area contributed by atoms with Gasteiger partial charge in [0.1, 0.15) is 18.0 Å². The van der Waals surface area contributed by atoms with E-state index in [4.69, 9.17) is 21.1 Å². The Hall–Kier alpha value is -2.30. The molecule has 2 heterocycles. The van der Waals surface area contributed by atoms with E-state index < -0.39 is 12.0 Å². The number of carbonyl (C=O) groups is 2. The number of piperazine rings is 1. The Kier molecular flexibility index (Phi) is 11.9. The third kappa shape index (κ3) is 8.10. The Morgan fingerprint density at radius 3 is 2.45 bits per heavy atom. The summed E-state index contributed by atoms with van der Waals surface area (Å²) in [5.41, 5.74) is 1.03. The van der Waals surface area contributed by atoms with Crippen LogP contribution in [0.3, 0.4) is 0 Å². The maximum atomic E-state index is 13.2. The number of carbonyl (C=O) groups excluding carboxylic acids is 1. The van der Waals surface area contributed by atoms with Crippen molar-refractivity contribution in [3.63, 3.8) is 0 Å². The molecule has 0 aliphatic carbocycles. The number of hydrogen-bond acceptors (Lipinski definition) is 6. The van der Waals surface area contributed by atoms with Gasteiger partial charge in [0.15, 0.2) is 18.1 Å². The minimum absolute atomic E-state index is 0. The van der Waals surface area contributed by atoms with E-state index in [9.17, 15) is 19.1 Å². The topological polar surface area (TPSA) is 91.3 Å². The molecule has 2 N–H and O–H groups in total. The molecule has 12 heteroatoms. The summed E-state index contributed by atoms with van der Waals surface area (Å²) in [4.78, 5) is 28.4. The third-order valence-corrected chi connectivity index (χ3v) is 6.91. The summed E-state index contributed by atoms with van der Waals surface area (Å²) in [6.45, 7) is 6.24. The van der Waals surface area contributed by atoms with Gasteiger partial charge in [-0.2, -0.15) is 0 Å². The van der Waals surface area contributed by atoms with Gasteiger partial charge in [-0.05, 0) is 43.7 Å². The lowest BCUT2D eigenvalue weighted by molar-refractivity contribution is -0.140. The second-order valence-electron chi connectivity index (χ2n) is 9.45. The number of nitrogens with one attached hydrogen (secondary N) is 1. The Morgan fingerprint density at radius 2 is 1.79 bits per heavy atom. The molecule has 8 nitrogen and oxygen atoms in total. The number of rotatable bonds is 8. The van der Waals surface area contributed by atoms with Crippen molar-refractivity contribution in [1.82, 2.24) is 15.1 Å². The van der Waals surface area contributed by atoms with Crippen LogP contribution in [0.2, 0.25) is 5.02 Å². The van der Waals surface area contributed by atoms with Crippen molar-refractivity contribution in [3.05, 3.63) is 58.9 Å². The fourth-order valence-electron chi connectivity index (χ4n) is 4.67. The van der Waals surface area contributed by atoms with Gasteiger partial charge in [0.25, 0.3) is 5.91 Å². The van der Waals surface area contributed by atoms with Gasteiger partial charge in [-0.1, -0.05) is 23.7 Å². The molecule has 2 aliphatic heterocycles. The van der Waals surface area contributed by atoms with Gasteiger partial charge in [0, 0.05) is 55.8 Å². The lowest BCUT2D eigenvalue weighted by Gasteiger charge is -2.44. The molecule has 4 rings (SSSR count). The SMILES string of the molecule is C[C@@H]1CN(Cc2ccc(F)cc2)[C@@H](C)CN1C(=O)COc1ccc(Cl)cc1O[C@@H]1CN[C@H](C(=O)O)C1.Cl.Cl. The normalized spacial score (nSPS) is 23.2. The number of nitrogens with zero attached hydrogens (tertiary/aromatic N) is 2. The van der Waals surface area contributed by atoms with Crippen molar-refractivity contribution in [2.45, 2.75) is 51.0 Å². The summed E-state index contributed by atoms with van der Waals surface area (Å²) in [5.74, 6) is -0.560. The number of amides is 1. The lowest BCUT2D eigenvalue weighted by Crippen LogP contribution is -2.58. The molecule has 2 saturated heterocycles. The first-order valence-electron chi connectivity index (χ1n) is 12.0. The Morgan fingerprint density at radius 1 is 1.08 bits per heavy atom. The van der Waals surface area contributed by atoms with E-state index in [1.165, 1.54) is 12.1 Å². The fourth-order valence-corrected chi connectivity index (χ4v) is 4.83. The lowest BCUT2D eigenvalue weighted by atomic mass is 10.1. The maximum Gasteiger partial charge on any atom is 0.320 e. The van der Waals surface area contributed by atoms with E-state index in [1.807, 2.05) is 11.8 Å². The van der Waals surface area contributed by atoms with Crippen molar-refractivity contribution in [2.24, 2.45) is 0 Å². The van der Waals surface area contributed by atoms with Gasteiger partial charge in [0.2, 0.25) is 0 Å². The van der Waals surface area contributed by atoms with Crippen molar-refractivity contribution < 1.29 is 28.6 Å². The molecule has 2 aromatic rings. The van der Waals surface area contributed by atoms with Gasteiger partial charge in [-0.25, -0.2) is 4.39 Å². The molecule has 2 fully saturated rings. The fraction of sp³-hybridized carbons (Fsp3) is 0.462. The molecular weight excluding hydrogens is 560 g/mol. The van der Waals surface area contributed by atoms with Crippen LogP contribution in [-0.2, 0) is 16.1 Å². The molecule has 0 aromatic heterocycles. The molecule has 0 unspecified atom stereocenters. The third-order valence-electron chi connectivity index (χ3n) is 6.67. The highest BCUT2D eigenvalue weighted by molar-refractivity contribution is 6.30. The summed E-state index contributed by atoms with van der Waals surface area (Å²) in [6.07, 6.45) is -0.0321. The number of carboxylic acids is 1. The van der Waals surface area contributed by atoms with Crippen LogP contribution < -0.4 is 14.8 Å². The second kappa shape index (κ2) is 14.2. The number of halogens is 4. The predicted molar refractivity (Wildman–Crippen MR) is 147 cm³/mol. The zero-order valence-corrected chi connectivity index (χ0v) is 23.5. The number of benzene rings is 2. The predicted octanol–water partition coefficient (Wildman–Crippen LogP) is 4.02. The van der Waals surface area contributed by atoms with Crippen LogP contribution in [-0.4, -0.2) is 77.3 Å². The second-order valence-corrected chi connectivity index (χ2v) is 9.89. The highest BCUT2D eigenvalue weighted by Crippen LogP contribution is 2.32. The first-order chi connectivity index (χ1) is 17.2. The molecular formula is C26H33Cl3FN3O5. The highest BCUT2D eigenvalue weighted by atomic mass is 35.5. The average molecular weight is 593 g/mol. The van der Waals surface area contributed by atoms with E-state index >= 15 is 0 Å². The molecule has 2 aromatic carbocycles. The Balaban J connectivity index is 0.00000253. The van der Waals surface area contributed by atoms with Crippen LogP contribution in [0.25, 0.3) is 0 Å². The molecule has 1 amide bonds. The van der Waals surface area contributed by atoms with Crippen LogP contribution in [0.15, 0.2) is 42.5 Å². The standard InChI is InChI=1S/C26H31ClFN3O5.2ClH/c1-16-13-31(17(2)12-30(16)14-18-3-6-20(28)7-4-18)25(32)15-35-23-8-5-19(27)9-24(23)36-21-10-22(26(33)34)29-11-21;;/h3-9,16-17,21-22,29H,10-15H2,1-2H3,(H,33,34);2*1H/t16-,17+,21-,22-;;/m0../s1. The van der Waals surface area contributed by atoms with E-state index in [1.54, 1.807) is 30.3 Å². The van der Waals surface area contributed by atoms with Crippen LogP contribution in [0.4, 0.5) is 4.39 Å². The van der Waals surface area contributed by atoms with E-state index in [0.717, 1.165) is 5.56 Å². The first kappa shape index (κ1) is 31.9. The number of aliphatic carboxylic acids is 1. The summed E-state index contributed by atoms with van der Waals surface area (Å²) in [6, 6.07) is 10.8. The molecule has 4 atom stereocenters. The number of carboxylic acid groups (broad SMARTS) is 1. The van der Waals surface area contributed by atoms with Crippen LogP contribution in [0.5, 0.6) is 11.5 Å². The molecule has 0 bridgehead atoms. The molecule has 38 heavy (non-hydrogen) atoms. The zero-order valence-electron chi connectivity index (χ0n) is 21.1. The van der Waals surface area contributed by atoms with Gasteiger partial charge in [0.05, 0.1) is 0 Å². The smallest absolute Gasteiger partial charge is 0.320 e. The van der Waals surface area contributed by atoms with Crippen molar-refractivity contribution in [1.29, 1.82) is 0 Å². The molecule has 0 spiro atoms. The molecule has 0 saturated carbocycles. The van der Waals surface area contributed by atoms with Gasteiger partial charge < -0.3 is 24.8 Å². The van der Waals surface area contributed by atoms with Crippen molar-refractivity contribution in [3.8, 4) is 11.5 Å². The molecule has 2 aliphatic rings. The summed E-state index contributed by atoms with van der Waals surface area (Å²) < 4.78 is 25.0.